The van der Waals surface area contributed by atoms with Crippen LogP contribution in [0, 0.1) is 5.92 Å². The molecule has 2 rings (SSSR count). The Morgan fingerprint density at radius 3 is 2.53 bits per heavy atom. The number of nitrogens with zero attached hydrogens (tertiary/aromatic N) is 1. The van der Waals surface area contributed by atoms with E-state index in [-0.39, 0.29) is 5.91 Å². The van der Waals surface area contributed by atoms with Gasteiger partial charge in [0.2, 0.25) is 0 Å². The second kappa shape index (κ2) is 6.09. The summed E-state index contributed by atoms with van der Waals surface area (Å²) in [5, 5.41) is 3.61. The maximum atomic E-state index is 11.8. The fourth-order valence-corrected chi connectivity index (χ4v) is 2.90. The predicted octanol–water partition coefficient (Wildman–Crippen LogP) is 3.38. The number of carbonyl (C=O) groups is 1. The number of benzene rings is 1. The Morgan fingerprint density at radius 1 is 1.26 bits per heavy atom. The molecule has 0 aliphatic heterocycles. The van der Waals surface area contributed by atoms with Crippen LogP contribution in [0.4, 0.5) is 5.69 Å². The molecule has 0 bridgehead atoms. The van der Waals surface area contributed by atoms with Crippen LogP contribution in [0.15, 0.2) is 24.3 Å². The molecule has 3 nitrogen and oxygen atoms in total. The van der Waals surface area contributed by atoms with Gasteiger partial charge in [0.1, 0.15) is 0 Å². The van der Waals surface area contributed by atoms with Gasteiger partial charge in [0.05, 0.1) is 0 Å². The van der Waals surface area contributed by atoms with Crippen LogP contribution in [0.1, 0.15) is 43.0 Å². The third kappa shape index (κ3) is 3.28. The van der Waals surface area contributed by atoms with Crippen molar-refractivity contribution in [3.8, 4) is 0 Å². The van der Waals surface area contributed by atoms with E-state index < -0.39 is 0 Å². The number of hydrogen-bond donors (Lipinski definition) is 1. The van der Waals surface area contributed by atoms with Crippen molar-refractivity contribution in [2.75, 3.05) is 19.4 Å². The lowest BCUT2D eigenvalue weighted by atomic mass is 10.0. The van der Waals surface area contributed by atoms with E-state index in [1.165, 1.54) is 25.7 Å². The molecule has 1 aromatic carbocycles. The summed E-state index contributed by atoms with van der Waals surface area (Å²) >= 11 is 0. The van der Waals surface area contributed by atoms with Gasteiger partial charge in [-0.05, 0) is 43.0 Å². The van der Waals surface area contributed by atoms with Crippen molar-refractivity contribution in [1.29, 1.82) is 0 Å². The van der Waals surface area contributed by atoms with E-state index >= 15 is 0 Å². The van der Waals surface area contributed by atoms with Gasteiger partial charge >= 0.3 is 0 Å². The molecule has 3 heteroatoms. The smallest absolute Gasteiger partial charge is 0.253 e. The molecule has 1 fully saturated rings. The number of anilines is 1. The summed E-state index contributed by atoms with van der Waals surface area (Å²) in [7, 11) is 3.55. The van der Waals surface area contributed by atoms with Crippen molar-refractivity contribution >= 4 is 11.6 Å². The van der Waals surface area contributed by atoms with E-state index in [1.807, 2.05) is 24.3 Å². The molecular formula is C16H24N2O. The van der Waals surface area contributed by atoms with Crippen molar-refractivity contribution in [3.05, 3.63) is 29.8 Å². The minimum atomic E-state index is 0.0545. The number of amides is 1. The summed E-state index contributed by atoms with van der Waals surface area (Å²) in [4.78, 5) is 13.4. The fourth-order valence-electron chi connectivity index (χ4n) is 2.90. The molecule has 104 valence electrons. The van der Waals surface area contributed by atoms with E-state index in [9.17, 15) is 4.79 Å². The first kappa shape index (κ1) is 13.9. The van der Waals surface area contributed by atoms with Crippen molar-refractivity contribution < 1.29 is 4.79 Å². The molecule has 0 spiro atoms. The van der Waals surface area contributed by atoms with Gasteiger partial charge in [-0.3, -0.25) is 4.79 Å². The first-order valence-electron chi connectivity index (χ1n) is 7.20. The molecule has 19 heavy (non-hydrogen) atoms. The summed E-state index contributed by atoms with van der Waals surface area (Å²) in [5.74, 6) is 0.849. The van der Waals surface area contributed by atoms with Crippen LogP contribution < -0.4 is 5.32 Å². The molecule has 1 saturated carbocycles. The third-order valence-corrected chi connectivity index (χ3v) is 4.07. The van der Waals surface area contributed by atoms with Crippen LogP contribution in [0.25, 0.3) is 0 Å². The highest BCUT2D eigenvalue weighted by Gasteiger charge is 2.25. The first-order chi connectivity index (χ1) is 9.11. The van der Waals surface area contributed by atoms with Gasteiger partial charge in [-0.25, -0.2) is 0 Å². The standard InChI is InChI=1S/C16H24N2O/c1-4-12-6-5-7-15(12)17-14-10-8-13(9-11-14)16(19)18(2)3/h8-12,15,17H,4-7H2,1-3H3. The molecule has 1 aliphatic rings. The van der Waals surface area contributed by atoms with Crippen molar-refractivity contribution in [2.45, 2.75) is 38.6 Å². The molecule has 1 amide bonds. The lowest BCUT2D eigenvalue weighted by Gasteiger charge is -2.21. The molecule has 1 aromatic rings. The summed E-state index contributed by atoms with van der Waals surface area (Å²) in [6, 6.07) is 8.44. The third-order valence-electron chi connectivity index (χ3n) is 4.07. The highest BCUT2D eigenvalue weighted by molar-refractivity contribution is 5.94. The average molecular weight is 260 g/mol. The largest absolute Gasteiger partial charge is 0.382 e. The van der Waals surface area contributed by atoms with E-state index in [0.29, 0.717) is 6.04 Å². The zero-order chi connectivity index (χ0) is 13.8. The van der Waals surface area contributed by atoms with Crippen LogP contribution in [0.3, 0.4) is 0 Å². The van der Waals surface area contributed by atoms with Gasteiger partial charge in [0.25, 0.3) is 5.91 Å². The number of carbonyl (C=O) groups excluding carboxylic acids is 1. The summed E-state index contributed by atoms with van der Waals surface area (Å²) < 4.78 is 0. The molecule has 1 N–H and O–H groups in total. The Labute approximate surface area is 116 Å². The van der Waals surface area contributed by atoms with Crippen molar-refractivity contribution in [2.24, 2.45) is 5.92 Å². The summed E-state index contributed by atoms with van der Waals surface area (Å²) in [6.45, 7) is 2.27. The van der Waals surface area contributed by atoms with Gasteiger partial charge in [0.15, 0.2) is 0 Å². The Balaban J connectivity index is 2.01. The molecule has 0 saturated heterocycles. The van der Waals surface area contributed by atoms with Crippen LogP contribution in [0.5, 0.6) is 0 Å². The quantitative estimate of drug-likeness (QED) is 0.900. The van der Waals surface area contributed by atoms with Crippen LogP contribution in [0.2, 0.25) is 0 Å². The van der Waals surface area contributed by atoms with Crippen LogP contribution in [-0.4, -0.2) is 30.9 Å². The lowest BCUT2D eigenvalue weighted by Crippen LogP contribution is -2.24. The van der Waals surface area contributed by atoms with Gasteiger partial charge in [-0.1, -0.05) is 19.8 Å². The van der Waals surface area contributed by atoms with E-state index in [0.717, 1.165) is 17.2 Å². The second-order valence-corrected chi connectivity index (χ2v) is 5.63. The zero-order valence-electron chi connectivity index (χ0n) is 12.1. The van der Waals surface area contributed by atoms with Gasteiger partial charge in [-0.2, -0.15) is 0 Å². The Kier molecular flexibility index (Phi) is 4.46. The first-order valence-corrected chi connectivity index (χ1v) is 7.20. The van der Waals surface area contributed by atoms with Gasteiger partial charge in [0, 0.05) is 31.4 Å². The SMILES string of the molecule is CCC1CCCC1Nc1ccc(C(=O)N(C)C)cc1. The maximum Gasteiger partial charge on any atom is 0.253 e. The molecular weight excluding hydrogens is 236 g/mol. The summed E-state index contributed by atoms with van der Waals surface area (Å²) in [5.41, 5.74) is 1.87. The van der Waals surface area contributed by atoms with E-state index in [2.05, 4.69) is 12.2 Å². The Bertz CT molecular complexity index is 425. The van der Waals surface area contributed by atoms with Crippen molar-refractivity contribution in [1.82, 2.24) is 4.90 Å². The second-order valence-electron chi connectivity index (χ2n) is 5.63. The average Bonchev–Trinajstić information content (AvgIpc) is 2.86. The normalized spacial score (nSPS) is 22.3. The van der Waals surface area contributed by atoms with E-state index in [4.69, 9.17) is 0 Å². The number of rotatable bonds is 4. The molecule has 2 unspecified atom stereocenters. The minimum Gasteiger partial charge on any atom is -0.382 e. The molecule has 0 aromatic heterocycles. The highest BCUT2D eigenvalue weighted by atomic mass is 16.2. The molecule has 0 heterocycles. The van der Waals surface area contributed by atoms with Gasteiger partial charge in [-0.15, -0.1) is 0 Å². The Morgan fingerprint density at radius 2 is 1.95 bits per heavy atom. The predicted molar refractivity (Wildman–Crippen MR) is 79.5 cm³/mol. The summed E-state index contributed by atoms with van der Waals surface area (Å²) in [6.07, 6.45) is 5.17. The molecule has 1 aliphatic carbocycles. The maximum absolute atomic E-state index is 11.8. The monoisotopic (exact) mass is 260 g/mol. The van der Waals surface area contributed by atoms with Crippen LogP contribution >= 0.6 is 0 Å². The molecule has 0 radical (unpaired) electrons. The van der Waals surface area contributed by atoms with Crippen LogP contribution in [-0.2, 0) is 0 Å². The lowest BCUT2D eigenvalue weighted by molar-refractivity contribution is 0.0827. The van der Waals surface area contributed by atoms with Gasteiger partial charge < -0.3 is 10.2 Å². The molecule has 2 atom stereocenters. The minimum absolute atomic E-state index is 0.0545. The van der Waals surface area contributed by atoms with Crippen molar-refractivity contribution in [3.63, 3.8) is 0 Å². The number of nitrogens with one attached hydrogen (secondary N) is 1. The fraction of sp³-hybridized carbons (Fsp3) is 0.562. The van der Waals surface area contributed by atoms with E-state index in [1.54, 1.807) is 19.0 Å². The Hall–Kier alpha value is -1.51. The topological polar surface area (TPSA) is 32.3 Å². The highest BCUT2D eigenvalue weighted by Crippen LogP contribution is 2.30. The number of hydrogen-bond acceptors (Lipinski definition) is 2. The zero-order valence-corrected chi connectivity index (χ0v) is 12.1.